The molecule has 0 aliphatic carbocycles. The van der Waals surface area contributed by atoms with E-state index >= 15 is 0 Å². The molecule has 1 aromatic carbocycles. The zero-order chi connectivity index (χ0) is 11.0. The second-order valence-corrected chi connectivity index (χ2v) is 3.30. The highest BCUT2D eigenvalue weighted by atomic mass is 16.4. The molecule has 76 valence electrons. The van der Waals surface area contributed by atoms with Gasteiger partial charge in [-0.05, 0) is 24.5 Å². The lowest BCUT2D eigenvalue weighted by Crippen LogP contribution is -2.30. The highest BCUT2D eigenvalue weighted by molar-refractivity contribution is 6.58. The van der Waals surface area contributed by atoms with Crippen molar-refractivity contribution in [2.45, 2.75) is 6.92 Å². The third-order valence-corrected chi connectivity index (χ3v) is 2.15. The van der Waals surface area contributed by atoms with Crippen molar-refractivity contribution >= 4 is 23.5 Å². The molecule has 2 rings (SSSR count). The highest BCUT2D eigenvalue weighted by Gasteiger charge is 2.12. The zero-order valence-electron chi connectivity index (χ0n) is 8.06. The van der Waals surface area contributed by atoms with Crippen molar-refractivity contribution in [3.05, 3.63) is 34.4 Å². The Morgan fingerprint density at radius 2 is 2.13 bits per heavy atom. The van der Waals surface area contributed by atoms with Gasteiger partial charge < -0.3 is 15.0 Å². The molecule has 0 saturated carbocycles. The summed E-state index contributed by atoms with van der Waals surface area (Å²) >= 11 is 0. The summed E-state index contributed by atoms with van der Waals surface area (Å²) < 4.78 is 0. The van der Waals surface area contributed by atoms with Crippen molar-refractivity contribution < 1.29 is 10.0 Å². The molecule has 0 aliphatic heterocycles. The van der Waals surface area contributed by atoms with Gasteiger partial charge in [0.05, 0.1) is 10.9 Å². The summed E-state index contributed by atoms with van der Waals surface area (Å²) in [5, 5.41) is 18.3. The molecule has 0 bridgehead atoms. The smallest absolute Gasteiger partial charge is 0.423 e. The van der Waals surface area contributed by atoms with Crippen molar-refractivity contribution in [3.8, 4) is 0 Å². The standard InChI is InChI=1S/C9H9BN2O3/c1-5-11-8-3-2-6(10(14)15)4-7(8)9(13)12-5/h2-4,14-15H,1H3,(H,11,12,13). The van der Waals surface area contributed by atoms with E-state index in [9.17, 15) is 4.79 Å². The second-order valence-electron chi connectivity index (χ2n) is 3.30. The van der Waals surface area contributed by atoms with Crippen LogP contribution in [0.25, 0.3) is 10.9 Å². The van der Waals surface area contributed by atoms with Gasteiger partial charge in [-0.1, -0.05) is 6.07 Å². The van der Waals surface area contributed by atoms with Crippen LogP contribution in [0.3, 0.4) is 0 Å². The van der Waals surface area contributed by atoms with Gasteiger partial charge >= 0.3 is 7.12 Å². The van der Waals surface area contributed by atoms with E-state index in [2.05, 4.69) is 9.97 Å². The number of aromatic amines is 1. The summed E-state index contributed by atoms with van der Waals surface area (Å²) in [6.07, 6.45) is 0. The summed E-state index contributed by atoms with van der Waals surface area (Å²) in [6, 6.07) is 4.54. The molecule has 0 saturated heterocycles. The molecule has 0 aliphatic rings. The number of hydrogen-bond acceptors (Lipinski definition) is 4. The van der Waals surface area contributed by atoms with Crippen LogP contribution in [0.4, 0.5) is 0 Å². The number of benzene rings is 1. The molecule has 0 fully saturated rings. The van der Waals surface area contributed by atoms with Crippen LogP contribution in [0, 0.1) is 6.92 Å². The average Bonchev–Trinajstić information content (AvgIpc) is 2.16. The van der Waals surface area contributed by atoms with E-state index in [4.69, 9.17) is 10.0 Å². The molecule has 2 aromatic rings. The minimum atomic E-state index is -1.57. The van der Waals surface area contributed by atoms with Gasteiger partial charge in [-0.15, -0.1) is 0 Å². The van der Waals surface area contributed by atoms with Crippen molar-refractivity contribution in [1.29, 1.82) is 0 Å². The summed E-state index contributed by atoms with van der Waals surface area (Å²) in [5.41, 5.74) is 0.541. The fraction of sp³-hybridized carbons (Fsp3) is 0.111. The predicted molar refractivity (Wildman–Crippen MR) is 56.9 cm³/mol. The number of rotatable bonds is 1. The number of fused-ring (bicyclic) bond motifs is 1. The Labute approximate surface area is 85.6 Å². The van der Waals surface area contributed by atoms with Crippen LogP contribution >= 0.6 is 0 Å². The Hall–Kier alpha value is -1.66. The van der Waals surface area contributed by atoms with Gasteiger partial charge in [0, 0.05) is 0 Å². The van der Waals surface area contributed by atoms with Gasteiger partial charge in [-0.3, -0.25) is 4.79 Å². The van der Waals surface area contributed by atoms with Crippen LogP contribution in [0.5, 0.6) is 0 Å². The second kappa shape index (κ2) is 3.49. The SMILES string of the molecule is Cc1nc2ccc(B(O)O)cc2c(=O)[nH]1. The van der Waals surface area contributed by atoms with Crippen LogP contribution < -0.4 is 11.0 Å². The number of aromatic nitrogens is 2. The summed E-state index contributed by atoms with van der Waals surface area (Å²) in [4.78, 5) is 18.2. The van der Waals surface area contributed by atoms with E-state index in [-0.39, 0.29) is 11.0 Å². The van der Waals surface area contributed by atoms with Crippen molar-refractivity contribution in [2.24, 2.45) is 0 Å². The van der Waals surface area contributed by atoms with Crippen LogP contribution in [0.2, 0.25) is 0 Å². The molecule has 0 spiro atoms. The molecule has 3 N–H and O–H groups in total. The van der Waals surface area contributed by atoms with E-state index in [1.54, 1.807) is 13.0 Å². The van der Waals surface area contributed by atoms with Gasteiger partial charge in [-0.2, -0.15) is 0 Å². The van der Waals surface area contributed by atoms with Crippen LogP contribution in [0.15, 0.2) is 23.0 Å². The van der Waals surface area contributed by atoms with Crippen LogP contribution in [-0.2, 0) is 0 Å². The maximum absolute atomic E-state index is 11.5. The molecule has 6 heteroatoms. The maximum atomic E-state index is 11.5. The van der Waals surface area contributed by atoms with E-state index in [0.29, 0.717) is 16.7 Å². The molecule has 1 aromatic heterocycles. The number of aryl methyl sites for hydroxylation is 1. The molecular weight excluding hydrogens is 195 g/mol. The number of nitrogens with zero attached hydrogens (tertiary/aromatic N) is 1. The van der Waals surface area contributed by atoms with Crippen molar-refractivity contribution in [2.75, 3.05) is 0 Å². The van der Waals surface area contributed by atoms with Gasteiger partial charge in [0.25, 0.3) is 5.56 Å². The summed E-state index contributed by atoms with van der Waals surface area (Å²) in [5.74, 6) is 0.532. The Bertz CT molecular complexity index is 565. The van der Waals surface area contributed by atoms with Gasteiger partial charge in [0.15, 0.2) is 0 Å². The Morgan fingerprint density at radius 3 is 2.80 bits per heavy atom. The van der Waals surface area contributed by atoms with E-state index < -0.39 is 7.12 Å². The lowest BCUT2D eigenvalue weighted by atomic mass is 9.80. The minimum absolute atomic E-state index is 0.277. The van der Waals surface area contributed by atoms with E-state index in [1.807, 2.05) is 0 Å². The summed E-state index contributed by atoms with van der Waals surface area (Å²) in [6.45, 7) is 1.69. The lowest BCUT2D eigenvalue weighted by molar-refractivity contribution is 0.426. The minimum Gasteiger partial charge on any atom is -0.423 e. The van der Waals surface area contributed by atoms with Crippen LogP contribution in [0.1, 0.15) is 5.82 Å². The molecule has 0 unspecified atom stereocenters. The van der Waals surface area contributed by atoms with Crippen molar-refractivity contribution in [1.82, 2.24) is 9.97 Å². The Balaban J connectivity index is 2.77. The molecule has 5 nitrogen and oxygen atoms in total. The largest absolute Gasteiger partial charge is 0.488 e. The van der Waals surface area contributed by atoms with E-state index in [1.165, 1.54) is 12.1 Å². The summed E-state index contributed by atoms with van der Waals surface area (Å²) in [7, 11) is -1.57. The third kappa shape index (κ3) is 1.77. The molecule has 0 radical (unpaired) electrons. The first-order chi connectivity index (χ1) is 7.08. The molecular formula is C9H9BN2O3. The van der Waals surface area contributed by atoms with Crippen molar-refractivity contribution in [3.63, 3.8) is 0 Å². The van der Waals surface area contributed by atoms with E-state index in [0.717, 1.165) is 0 Å². The van der Waals surface area contributed by atoms with Gasteiger partial charge in [-0.25, -0.2) is 4.98 Å². The zero-order valence-corrected chi connectivity index (χ0v) is 8.06. The molecule has 0 atom stereocenters. The predicted octanol–water partition coefficient (Wildman–Crippen LogP) is -1.09. The Morgan fingerprint density at radius 1 is 1.40 bits per heavy atom. The first kappa shape index (κ1) is 9.88. The molecule has 0 amide bonds. The third-order valence-electron chi connectivity index (χ3n) is 2.15. The topological polar surface area (TPSA) is 86.2 Å². The molecule has 15 heavy (non-hydrogen) atoms. The number of hydrogen-bond donors (Lipinski definition) is 3. The first-order valence-corrected chi connectivity index (χ1v) is 4.44. The van der Waals surface area contributed by atoms with Crippen LogP contribution in [-0.4, -0.2) is 27.1 Å². The Kier molecular flexibility index (Phi) is 2.30. The maximum Gasteiger partial charge on any atom is 0.488 e. The lowest BCUT2D eigenvalue weighted by Gasteiger charge is -2.02. The number of nitrogens with one attached hydrogen (secondary N) is 1. The highest BCUT2D eigenvalue weighted by Crippen LogP contribution is 2.04. The normalized spacial score (nSPS) is 10.6. The van der Waals surface area contributed by atoms with Gasteiger partial charge in [0.2, 0.25) is 0 Å². The fourth-order valence-corrected chi connectivity index (χ4v) is 1.43. The fourth-order valence-electron chi connectivity index (χ4n) is 1.43. The molecule has 1 heterocycles. The average molecular weight is 204 g/mol. The first-order valence-electron chi connectivity index (χ1n) is 4.44. The quantitative estimate of drug-likeness (QED) is 0.515. The number of H-pyrrole nitrogens is 1. The monoisotopic (exact) mass is 204 g/mol. The van der Waals surface area contributed by atoms with Gasteiger partial charge in [0.1, 0.15) is 5.82 Å².